The zero-order valence-corrected chi connectivity index (χ0v) is 11.5. The summed E-state index contributed by atoms with van der Waals surface area (Å²) in [5, 5.41) is 14.0. The van der Waals surface area contributed by atoms with E-state index in [1.807, 2.05) is 0 Å². The first-order valence-electron chi connectivity index (χ1n) is 5.80. The molecule has 0 bridgehead atoms. The lowest BCUT2D eigenvalue weighted by Crippen LogP contribution is -2.55. The lowest BCUT2D eigenvalue weighted by Gasteiger charge is -2.40. The molecular weight excluding hydrogens is 291 g/mol. The van der Waals surface area contributed by atoms with Gasteiger partial charge in [-0.15, -0.1) is 11.6 Å². The van der Waals surface area contributed by atoms with Crippen LogP contribution in [0.5, 0.6) is 0 Å². The van der Waals surface area contributed by atoms with Gasteiger partial charge in [-0.25, -0.2) is 0 Å². The molecule has 102 valence electrons. The van der Waals surface area contributed by atoms with Crippen molar-refractivity contribution in [1.29, 1.82) is 0 Å². The number of hydrogen-bond acceptors (Lipinski definition) is 3. The highest BCUT2D eigenvalue weighted by atomic mass is 35.5. The third-order valence-corrected chi connectivity index (χ3v) is 4.09. The van der Waals surface area contributed by atoms with Crippen LogP contribution in [0.15, 0.2) is 18.2 Å². The van der Waals surface area contributed by atoms with Crippen LogP contribution in [0.3, 0.4) is 0 Å². The minimum Gasteiger partial charge on any atom is -0.345 e. The van der Waals surface area contributed by atoms with Gasteiger partial charge in [0.05, 0.1) is 10.5 Å². The molecule has 0 heterocycles. The number of rotatable bonds is 4. The molecule has 0 saturated heterocycles. The van der Waals surface area contributed by atoms with Gasteiger partial charge in [-0.1, -0.05) is 11.6 Å². The molecule has 1 aliphatic carbocycles. The lowest BCUT2D eigenvalue weighted by atomic mass is 9.78. The van der Waals surface area contributed by atoms with Crippen molar-refractivity contribution in [3.05, 3.63) is 38.9 Å². The molecule has 19 heavy (non-hydrogen) atoms. The molecule has 0 atom stereocenters. The monoisotopic (exact) mass is 302 g/mol. The van der Waals surface area contributed by atoms with Gasteiger partial charge in [0.15, 0.2) is 0 Å². The van der Waals surface area contributed by atoms with E-state index in [4.69, 9.17) is 23.2 Å². The molecule has 1 aliphatic rings. The molecule has 1 fully saturated rings. The first kappa shape index (κ1) is 14.1. The van der Waals surface area contributed by atoms with Gasteiger partial charge < -0.3 is 5.32 Å². The van der Waals surface area contributed by atoms with Crippen molar-refractivity contribution in [3.8, 4) is 0 Å². The van der Waals surface area contributed by atoms with E-state index in [2.05, 4.69) is 5.32 Å². The zero-order valence-electron chi connectivity index (χ0n) is 9.99. The number of nitrogens with zero attached hydrogens (tertiary/aromatic N) is 1. The van der Waals surface area contributed by atoms with E-state index in [1.54, 1.807) is 0 Å². The minimum atomic E-state index is -0.616. The molecular formula is C12H12Cl2N2O3. The van der Waals surface area contributed by atoms with E-state index in [0.717, 1.165) is 19.3 Å². The predicted molar refractivity (Wildman–Crippen MR) is 72.9 cm³/mol. The molecule has 1 aromatic rings. The molecule has 0 unspecified atom stereocenters. The summed E-state index contributed by atoms with van der Waals surface area (Å²) in [7, 11) is 0. The number of hydrogen-bond donors (Lipinski definition) is 1. The van der Waals surface area contributed by atoms with Crippen molar-refractivity contribution >= 4 is 34.8 Å². The predicted octanol–water partition coefficient (Wildman–Crippen LogP) is 3.14. The molecule has 1 N–H and O–H groups in total. The Bertz CT molecular complexity index is 524. The second kappa shape index (κ2) is 5.35. The number of benzene rings is 1. The van der Waals surface area contributed by atoms with Crippen LogP contribution in [0, 0.1) is 10.1 Å². The Balaban J connectivity index is 2.26. The normalized spacial score (nSPS) is 16.5. The molecule has 7 heteroatoms. The lowest BCUT2D eigenvalue weighted by molar-refractivity contribution is -0.385. The Kier molecular flexibility index (Phi) is 3.96. The molecule has 5 nitrogen and oxygen atoms in total. The summed E-state index contributed by atoms with van der Waals surface area (Å²) < 4.78 is 0. The maximum Gasteiger partial charge on any atom is 0.283 e. The summed E-state index contributed by atoms with van der Waals surface area (Å²) in [5.41, 5.74) is -0.716. The van der Waals surface area contributed by atoms with Gasteiger partial charge in [0.1, 0.15) is 5.56 Å². The van der Waals surface area contributed by atoms with Gasteiger partial charge in [0, 0.05) is 17.0 Å². The van der Waals surface area contributed by atoms with E-state index < -0.39 is 16.4 Å². The molecule has 0 aliphatic heterocycles. The van der Waals surface area contributed by atoms with Crippen molar-refractivity contribution in [2.24, 2.45) is 0 Å². The van der Waals surface area contributed by atoms with Crippen LogP contribution in [-0.4, -0.2) is 22.2 Å². The van der Waals surface area contributed by atoms with Gasteiger partial charge in [0.25, 0.3) is 11.6 Å². The maximum absolute atomic E-state index is 12.1. The van der Waals surface area contributed by atoms with Crippen LogP contribution in [0.25, 0.3) is 0 Å². The molecule has 2 rings (SSSR count). The largest absolute Gasteiger partial charge is 0.345 e. The van der Waals surface area contributed by atoms with Gasteiger partial charge >= 0.3 is 0 Å². The highest BCUT2D eigenvalue weighted by Gasteiger charge is 2.38. The SMILES string of the molecule is O=C(NC1(CCl)CCC1)c1ccc(Cl)cc1[N+](=O)[O-]. The van der Waals surface area contributed by atoms with Gasteiger partial charge in [-0.3, -0.25) is 14.9 Å². The number of nitro groups is 1. The third-order valence-electron chi connectivity index (χ3n) is 3.35. The summed E-state index contributed by atoms with van der Waals surface area (Å²) in [4.78, 5) is 22.5. The minimum absolute atomic E-state index is 0.00536. The number of amides is 1. The molecule has 0 spiro atoms. The molecule has 0 radical (unpaired) electrons. The van der Waals surface area contributed by atoms with Crippen molar-refractivity contribution < 1.29 is 9.72 Å². The number of alkyl halides is 1. The average molecular weight is 303 g/mol. The Morgan fingerprint density at radius 1 is 1.47 bits per heavy atom. The van der Waals surface area contributed by atoms with E-state index in [-0.39, 0.29) is 16.3 Å². The van der Waals surface area contributed by atoms with Crippen molar-refractivity contribution in [2.45, 2.75) is 24.8 Å². The second-order valence-electron chi connectivity index (χ2n) is 4.64. The van der Waals surface area contributed by atoms with E-state index in [0.29, 0.717) is 5.88 Å². The van der Waals surface area contributed by atoms with Crippen LogP contribution in [0.2, 0.25) is 5.02 Å². The van der Waals surface area contributed by atoms with Crippen molar-refractivity contribution in [1.82, 2.24) is 5.32 Å². The number of nitro benzene ring substituents is 1. The molecule has 0 aromatic heterocycles. The third kappa shape index (κ3) is 2.82. The molecule has 1 aromatic carbocycles. The van der Waals surface area contributed by atoms with Crippen LogP contribution >= 0.6 is 23.2 Å². The second-order valence-corrected chi connectivity index (χ2v) is 5.34. The van der Waals surface area contributed by atoms with Crippen LogP contribution < -0.4 is 5.32 Å². The highest BCUT2D eigenvalue weighted by Crippen LogP contribution is 2.34. The van der Waals surface area contributed by atoms with Crippen molar-refractivity contribution in [3.63, 3.8) is 0 Å². The number of carbonyl (C=O) groups excluding carboxylic acids is 1. The maximum atomic E-state index is 12.1. The first-order chi connectivity index (χ1) is 8.97. The van der Waals surface area contributed by atoms with Crippen LogP contribution in [-0.2, 0) is 0 Å². The van der Waals surface area contributed by atoms with Gasteiger partial charge in [0.2, 0.25) is 0 Å². The Morgan fingerprint density at radius 2 is 2.16 bits per heavy atom. The molecule has 1 amide bonds. The highest BCUT2D eigenvalue weighted by molar-refractivity contribution is 6.31. The fourth-order valence-electron chi connectivity index (χ4n) is 2.05. The fraction of sp³-hybridized carbons (Fsp3) is 0.417. The summed E-state index contributed by atoms with van der Waals surface area (Å²) in [6, 6.07) is 3.98. The van der Waals surface area contributed by atoms with E-state index in [9.17, 15) is 14.9 Å². The summed E-state index contributed by atoms with van der Waals surface area (Å²) >= 11 is 11.6. The number of halogens is 2. The quantitative estimate of drug-likeness (QED) is 0.527. The Hall–Kier alpha value is -1.33. The van der Waals surface area contributed by atoms with Crippen LogP contribution in [0.1, 0.15) is 29.6 Å². The summed E-state index contributed by atoms with van der Waals surface area (Å²) in [6.07, 6.45) is 2.59. The van der Waals surface area contributed by atoms with E-state index in [1.165, 1.54) is 18.2 Å². The van der Waals surface area contributed by atoms with Gasteiger partial charge in [-0.05, 0) is 31.4 Å². The number of carbonyl (C=O) groups is 1. The van der Waals surface area contributed by atoms with Gasteiger partial charge in [-0.2, -0.15) is 0 Å². The first-order valence-corrected chi connectivity index (χ1v) is 6.71. The standard InChI is InChI=1S/C12H12Cl2N2O3/c13-7-12(4-1-5-12)15-11(17)9-3-2-8(14)6-10(9)16(18)19/h2-3,6H,1,4-5,7H2,(H,15,17). The Labute approximate surface area is 120 Å². The summed E-state index contributed by atoms with van der Waals surface area (Å²) in [6.45, 7) is 0. The summed E-state index contributed by atoms with van der Waals surface area (Å²) in [5.74, 6) is -0.177. The smallest absolute Gasteiger partial charge is 0.283 e. The Morgan fingerprint density at radius 3 is 2.63 bits per heavy atom. The van der Waals surface area contributed by atoms with Crippen molar-refractivity contribution in [2.75, 3.05) is 5.88 Å². The van der Waals surface area contributed by atoms with E-state index >= 15 is 0 Å². The zero-order chi connectivity index (χ0) is 14.0. The average Bonchev–Trinajstić information content (AvgIpc) is 2.33. The topological polar surface area (TPSA) is 72.2 Å². The fourth-order valence-corrected chi connectivity index (χ4v) is 2.55. The van der Waals surface area contributed by atoms with Crippen LogP contribution in [0.4, 0.5) is 5.69 Å². The molecule has 1 saturated carbocycles. The number of nitrogens with one attached hydrogen (secondary N) is 1.